The second-order valence-corrected chi connectivity index (χ2v) is 9.53. The molecule has 0 unspecified atom stereocenters. The molecule has 2 aromatic carbocycles. The van der Waals surface area contributed by atoms with E-state index in [4.69, 9.17) is 4.84 Å². The lowest BCUT2D eigenvalue weighted by molar-refractivity contribution is -0.384. The molecule has 3 aliphatic rings. The zero-order chi connectivity index (χ0) is 21.6. The third-order valence-electron chi connectivity index (χ3n) is 7.98. The molecule has 0 amide bonds. The number of aromatic hydroxyl groups is 1. The van der Waals surface area contributed by atoms with Crippen molar-refractivity contribution in [2.24, 2.45) is 22.4 Å². The van der Waals surface area contributed by atoms with Crippen LogP contribution in [0, 0.1) is 27.4 Å². The summed E-state index contributed by atoms with van der Waals surface area (Å²) in [5, 5.41) is 25.4. The Morgan fingerprint density at radius 2 is 2.06 bits per heavy atom. The van der Waals surface area contributed by atoms with Crippen LogP contribution in [-0.2, 0) is 17.9 Å². The molecule has 0 bridgehead atoms. The fourth-order valence-electron chi connectivity index (χ4n) is 6.45. The highest BCUT2D eigenvalue weighted by Gasteiger charge is 2.53. The highest BCUT2D eigenvalue weighted by Crippen LogP contribution is 2.60. The lowest BCUT2D eigenvalue weighted by Gasteiger charge is -2.49. The summed E-state index contributed by atoms with van der Waals surface area (Å²) in [5.74, 6) is 2.20. The summed E-state index contributed by atoms with van der Waals surface area (Å²) in [6.45, 7) is 2.59. The summed E-state index contributed by atoms with van der Waals surface area (Å²) in [4.78, 5) is 16.3. The van der Waals surface area contributed by atoms with E-state index in [0.29, 0.717) is 23.5 Å². The van der Waals surface area contributed by atoms with Gasteiger partial charge in [0.1, 0.15) is 12.4 Å². The van der Waals surface area contributed by atoms with Gasteiger partial charge in [-0.15, -0.1) is 0 Å². The smallest absolute Gasteiger partial charge is 0.269 e. The number of oxime groups is 1. The number of nitro benzene ring substituents is 1. The molecule has 6 heteroatoms. The topological polar surface area (TPSA) is 85.0 Å². The summed E-state index contributed by atoms with van der Waals surface area (Å²) in [6.07, 6.45) is 6.54. The lowest BCUT2D eigenvalue weighted by atomic mass is 9.55. The molecule has 0 aliphatic heterocycles. The van der Waals surface area contributed by atoms with E-state index < -0.39 is 0 Å². The van der Waals surface area contributed by atoms with Crippen molar-refractivity contribution in [3.63, 3.8) is 0 Å². The molecule has 6 nitrogen and oxygen atoms in total. The number of hydrogen-bond acceptors (Lipinski definition) is 5. The van der Waals surface area contributed by atoms with Crippen LogP contribution in [0.3, 0.4) is 0 Å². The lowest BCUT2D eigenvalue weighted by Crippen LogP contribution is -2.42. The Bertz CT molecular complexity index is 1050. The van der Waals surface area contributed by atoms with E-state index >= 15 is 0 Å². The molecule has 4 atom stereocenters. The monoisotopic (exact) mass is 420 g/mol. The number of aryl methyl sites for hydroxylation is 1. The second kappa shape index (κ2) is 7.66. The molecule has 0 heterocycles. The molecule has 2 aromatic rings. The van der Waals surface area contributed by atoms with Gasteiger partial charge in [0.25, 0.3) is 5.69 Å². The Morgan fingerprint density at radius 3 is 2.90 bits per heavy atom. The molecule has 5 rings (SSSR count). The average Bonchev–Trinajstić information content (AvgIpc) is 3.10. The van der Waals surface area contributed by atoms with Gasteiger partial charge < -0.3 is 9.94 Å². The number of nitro groups is 1. The van der Waals surface area contributed by atoms with Gasteiger partial charge in [0.15, 0.2) is 0 Å². The maximum absolute atomic E-state index is 11.0. The molecule has 0 spiro atoms. The summed E-state index contributed by atoms with van der Waals surface area (Å²) in [5.41, 5.74) is 4.80. The van der Waals surface area contributed by atoms with Crippen molar-refractivity contribution < 1.29 is 14.9 Å². The van der Waals surface area contributed by atoms with Crippen LogP contribution in [0.4, 0.5) is 5.69 Å². The van der Waals surface area contributed by atoms with Crippen LogP contribution in [0.2, 0.25) is 0 Å². The van der Waals surface area contributed by atoms with Gasteiger partial charge in [-0.05, 0) is 85.1 Å². The van der Waals surface area contributed by atoms with E-state index in [0.717, 1.165) is 43.4 Å². The average molecular weight is 421 g/mol. The zero-order valence-electron chi connectivity index (χ0n) is 17.8. The van der Waals surface area contributed by atoms with Crippen LogP contribution < -0.4 is 0 Å². The maximum Gasteiger partial charge on any atom is 0.269 e. The number of nitrogens with zero attached hydrogens (tertiary/aromatic N) is 2. The van der Waals surface area contributed by atoms with Crippen LogP contribution in [0.5, 0.6) is 5.75 Å². The number of rotatable bonds is 4. The minimum atomic E-state index is -0.389. The Balaban J connectivity index is 1.31. The predicted octanol–water partition coefficient (Wildman–Crippen LogP) is 5.73. The highest BCUT2D eigenvalue weighted by atomic mass is 16.6. The van der Waals surface area contributed by atoms with E-state index in [9.17, 15) is 15.2 Å². The van der Waals surface area contributed by atoms with Crippen molar-refractivity contribution in [1.29, 1.82) is 0 Å². The van der Waals surface area contributed by atoms with E-state index in [1.807, 2.05) is 18.2 Å². The maximum atomic E-state index is 11.0. The van der Waals surface area contributed by atoms with E-state index in [1.54, 1.807) is 12.1 Å². The Kier molecular flexibility index (Phi) is 4.95. The quantitative estimate of drug-likeness (QED) is 0.506. The number of hydrogen-bond donors (Lipinski definition) is 1. The molecule has 2 saturated carbocycles. The zero-order valence-corrected chi connectivity index (χ0v) is 17.8. The van der Waals surface area contributed by atoms with Crippen molar-refractivity contribution in [2.45, 2.75) is 58.0 Å². The van der Waals surface area contributed by atoms with Crippen LogP contribution >= 0.6 is 0 Å². The number of phenolic OH excluding ortho intramolecular Hbond substituents is 1. The molecule has 2 fully saturated rings. The second-order valence-electron chi connectivity index (χ2n) is 9.53. The number of benzene rings is 2. The first-order valence-corrected chi connectivity index (χ1v) is 11.2. The third-order valence-corrected chi connectivity index (χ3v) is 7.98. The van der Waals surface area contributed by atoms with Crippen molar-refractivity contribution >= 4 is 11.4 Å². The minimum Gasteiger partial charge on any atom is -0.508 e. The first-order valence-electron chi connectivity index (χ1n) is 11.2. The predicted molar refractivity (Wildman–Crippen MR) is 118 cm³/mol. The van der Waals surface area contributed by atoms with Gasteiger partial charge in [0.05, 0.1) is 10.6 Å². The van der Waals surface area contributed by atoms with Gasteiger partial charge in [-0.25, -0.2) is 0 Å². The first kappa shape index (κ1) is 20.0. The van der Waals surface area contributed by atoms with Gasteiger partial charge in [-0.2, -0.15) is 0 Å². The van der Waals surface area contributed by atoms with E-state index in [1.165, 1.54) is 23.6 Å². The van der Waals surface area contributed by atoms with Crippen molar-refractivity contribution in [2.75, 3.05) is 0 Å². The van der Waals surface area contributed by atoms with Crippen LogP contribution in [0.15, 0.2) is 47.6 Å². The molecular formula is C25H28N2O4. The normalized spacial score (nSPS) is 30.4. The largest absolute Gasteiger partial charge is 0.508 e. The fourth-order valence-corrected chi connectivity index (χ4v) is 6.45. The fraction of sp³-hybridized carbons (Fsp3) is 0.480. The van der Waals surface area contributed by atoms with Gasteiger partial charge >= 0.3 is 0 Å². The molecule has 31 heavy (non-hydrogen) atoms. The van der Waals surface area contributed by atoms with Crippen molar-refractivity contribution in [1.82, 2.24) is 0 Å². The van der Waals surface area contributed by atoms with Crippen LogP contribution in [0.1, 0.15) is 61.6 Å². The van der Waals surface area contributed by atoms with Gasteiger partial charge in [-0.1, -0.05) is 30.3 Å². The molecule has 3 aliphatic carbocycles. The molecule has 1 N–H and O–H groups in total. The summed E-state index contributed by atoms with van der Waals surface area (Å²) in [6, 6.07) is 12.5. The summed E-state index contributed by atoms with van der Waals surface area (Å²) >= 11 is 0. The van der Waals surface area contributed by atoms with Crippen LogP contribution in [-0.4, -0.2) is 15.7 Å². The first-order chi connectivity index (χ1) is 15.0. The Morgan fingerprint density at radius 1 is 1.19 bits per heavy atom. The Labute approximate surface area is 182 Å². The van der Waals surface area contributed by atoms with E-state index in [-0.39, 0.29) is 22.6 Å². The molecule has 0 aromatic heterocycles. The molecular weight excluding hydrogens is 392 g/mol. The van der Waals surface area contributed by atoms with Gasteiger partial charge in [-0.3, -0.25) is 10.1 Å². The standard InChI is InChI=1S/C25H28N2O4/c1-25-12-11-21-20-8-6-19(28)14-17(20)5-7-22(21)23(25)9-10-24(25)26-31-15-16-3-2-4-18(13-16)27(29)30/h2-4,6,8,13-14,21-23,28H,5,7,9-12,15H2,1H3/t21-,22-,23+,25+/m1/s1. The number of non-ortho nitro benzene ring substituents is 1. The molecule has 162 valence electrons. The van der Waals surface area contributed by atoms with Crippen molar-refractivity contribution in [3.05, 3.63) is 69.3 Å². The number of phenols is 1. The SMILES string of the molecule is C[C@]12CC[C@@H]3c4ccc(O)cc4CC[C@H]3[C@@H]1CCC2=NOCc1cccc([N+](=O)[O-])c1. The van der Waals surface area contributed by atoms with Gasteiger partial charge in [0, 0.05) is 17.5 Å². The Hall–Kier alpha value is -2.89. The van der Waals surface area contributed by atoms with Crippen LogP contribution in [0.25, 0.3) is 0 Å². The summed E-state index contributed by atoms with van der Waals surface area (Å²) in [7, 11) is 0. The number of fused-ring (bicyclic) bond motifs is 5. The highest BCUT2D eigenvalue weighted by molar-refractivity contribution is 5.92. The molecule has 0 saturated heterocycles. The van der Waals surface area contributed by atoms with E-state index in [2.05, 4.69) is 18.1 Å². The van der Waals surface area contributed by atoms with Gasteiger partial charge in [0.2, 0.25) is 0 Å². The molecule has 0 radical (unpaired) electrons. The summed E-state index contributed by atoms with van der Waals surface area (Å²) < 4.78 is 0. The minimum absolute atomic E-state index is 0.0677. The van der Waals surface area contributed by atoms with Crippen molar-refractivity contribution in [3.8, 4) is 5.75 Å². The third kappa shape index (κ3) is 3.48.